The number of hydrogen-bond acceptors (Lipinski definition) is 5. The molecule has 0 radical (unpaired) electrons. The lowest BCUT2D eigenvalue weighted by Gasteiger charge is -2.29. The highest BCUT2D eigenvalue weighted by Crippen LogP contribution is 2.15. The lowest BCUT2D eigenvalue weighted by Crippen LogP contribution is -2.44. The molecule has 0 aliphatic carbocycles. The van der Waals surface area contributed by atoms with E-state index < -0.39 is 0 Å². The van der Waals surface area contributed by atoms with E-state index in [1.165, 1.54) is 5.56 Å². The average molecular weight is 330 g/mol. The molecule has 0 spiro atoms. The third-order valence-electron chi connectivity index (χ3n) is 4.43. The van der Waals surface area contributed by atoms with Gasteiger partial charge in [-0.3, -0.25) is 4.90 Å². The fourth-order valence-electron chi connectivity index (χ4n) is 2.92. The average Bonchev–Trinajstić information content (AvgIpc) is 3.15. The number of rotatable bonds is 7. The van der Waals surface area contributed by atoms with E-state index in [0.717, 1.165) is 32.0 Å². The molecular weight excluding hydrogens is 304 g/mol. The highest BCUT2D eigenvalue weighted by atomic mass is 16.5. The number of morpholine rings is 1. The summed E-state index contributed by atoms with van der Waals surface area (Å²) in [5, 5.41) is 13.6. The first-order chi connectivity index (χ1) is 11.7. The number of ether oxygens (including phenoxy) is 1. The first-order valence-electron chi connectivity index (χ1n) is 8.52. The van der Waals surface area contributed by atoms with Gasteiger partial charge in [0.1, 0.15) is 0 Å². The third kappa shape index (κ3) is 4.64. The van der Waals surface area contributed by atoms with Crippen molar-refractivity contribution in [2.45, 2.75) is 19.1 Å². The van der Waals surface area contributed by atoms with Crippen LogP contribution >= 0.6 is 0 Å². The molecule has 1 aromatic carbocycles. The molecule has 1 aliphatic heterocycles. The van der Waals surface area contributed by atoms with Crippen LogP contribution in [0.4, 0.5) is 0 Å². The molecule has 3 rings (SSSR count). The SMILES string of the molecule is CC(NCC(O)CN1CCOCC1)c1ccc(-n2ccnc2)cc1. The summed E-state index contributed by atoms with van der Waals surface area (Å²) in [6, 6.07) is 8.59. The van der Waals surface area contributed by atoms with Gasteiger partial charge < -0.3 is 19.7 Å². The van der Waals surface area contributed by atoms with Crippen LogP contribution in [0.3, 0.4) is 0 Å². The molecule has 2 N–H and O–H groups in total. The number of nitrogens with zero attached hydrogens (tertiary/aromatic N) is 3. The quantitative estimate of drug-likeness (QED) is 0.799. The van der Waals surface area contributed by atoms with Gasteiger partial charge in [0.25, 0.3) is 0 Å². The Morgan fingerprint density at radius 3 is 2.67 bits per heavy atom. The van der Waals surface area contributed by atoms with E-state index in [9.17, 15) is 5.11 Å². The van der Waals surface area contributed by atoms with Crippen molar-refractivity contribution in [3.8, 4) is 5.69 Å². The topological polar surface area (TPSA) is 62.6 Å². The number of nitrogens with one attached hydrogen (secondary N) is 1. The molecule has 24 heavy (non-hydrogen) atoms. The monoisotopic (exact) mass is 330 g/mol. The van der Waals surface area contributed by atoms with Crippen LogP contribution in [0.25, 0.3) is 5.69 Å². The molecule has 1 fully saturated rings. The summed E-state index contributed by atoms with van der Waals surface area (Å²) in [5.41, 5.74) is 2.30. The molecule has 6 nitrogen and oxygen atoms in total. The fraction of sp³-hybridized carbons (Fsp3) is 0.500. The Labute approximate surface area is 143 Å². The minimum atomic E-state index is -0.365. The standard InChI is InChI=1S/C18H26N4O2/c1-15(20-12-18(23)13-21-8-10-24-11-9-21)16-2-4-17(5-3-16)22-7-6-19-14-22/h2-7,14-15,18,20,23H,8-13H2,1H3. The van der Waals surface area contributed by atoms with Crippen LogP contribution in [0.1, 0.15) is 18.5 Å². The molecule has 1 saturated heterocycles. The van der Waals surface area contributed by atoms with E-state index in [1.54, 1.807) is 12.5 Å². The summed E-state index contributed by atoms with van der Waals surface area (Å²) >= 11 is 0. The Bertz CT molecular complexity index is 594. The predicted octanol–water partition coefficient (Wildman–Crippen LogP) is 1.22. The van der Waals surface area contributed by atoms with Crippen LogP contribution in [0, 0.1) is 0 Å². The van der Waals surface area contributed by atoms with E-state index in [2.05, 4.69) is 46.4 Å². The van der Waals surface area contributed by atoms with Crippen molar-refractivity contribution in [2.75, 3.05) is 39.4 Å². The number of imidazole rings is 1. The van der Waals surface area contributed by atoms with Crippen molar-refractivity contribution < 1.29 is 9.84 Å². The summed E-state index contributed by atoms with van der Waals surface area (Å²) in [6.45, 7) is 6.74. The second-order valence-corrected chi connectivity index (χ2v) is 6.26. The summed E-state index contributed by atoms with van der Waals surface area (Å²) in [7, 11) is 0. The van der Waals surface area contributed by atoms with Crippen LogP contribution in [0.15, 0.2) is 43.0 Å². The Morgan fingerprint density at radius 2 is 2.00 bits per heavy atom. The van der Waals surface area contributed by atoms with Crippen molar-refractivity contribution in [3.05, 3.63) is 48.5 Å². The van der Waals surface area contributed by atoms with Crippen molar-refractivity contribution in [2.24, 2.45) is 0 Å². The van der Waals surface area contributed by atoms with Crippen LogP contribution in [0.5, 0.6) is 0 Å². The zero-order valence-corrected chi connectivity index (χ0v) is 14.1. The molecule has 2 heterocycles. The maximum absolute atomic E-state index is 10.2. The Morgan fingerprint density at radius 1 is 1.25 bits per heavy atom. The Hall–Kier alpha value is -1.73. The second kappa shape index (κ2) is 8.39. The number of aromatic nitrogens is 2. The second-order valence-electron chi connectivity index (χ2n) is 6.26. The molecule has 2 aromatic rings. The lowest BCUT2D eigenvalue weighted by molar-refractivity contribution is 0.0145. The molecule has 0 saturated carbocycles. The van der Waals surface area contributed by atoms with Crippen molar-refractivity contribution in [1.29, 1.82) is 0 Å². The first kappa shape index (κ1) is 17.1. The van der Waals surface area contributed by atoms with E-state index in [1.807, 2.05) is 10.8 Å². The summed E-state index contributed by atoms with van der Waals surface area (Å²) < 4.78 is 7.31. The zero-order chi connectivity index (χ0) is 16.8. The molecule has 1 aliphatic rings. The van der Waals surface area contributed by atoms with Gasteiger partial charge in [0, 0.05) is 50.3 Å². The van der Waals surface area contributed by atoms with Gasteiger partial charge in [-0.25, -0.2) is 4.98 Å². The van der Waals surface area contributed by atoms with Gasteiger partial charge in [-0.1, -0.05) is 12.1 Å². The molecule has 2 unspecified atom stereocenters. The van der Waals surface area contributed by atoms with E-state index in [0.29, 0.717) is 13.1 Å². The molecule has 2 atom stereocenters. The van der Waals surface area contributed by atoms with Gasteiger partial charge in [-0.15, -0.1) is 0 Å². The molecule has 130 valence electrons. The van der Waals surface area contributed by atoms with Crippen molar-refractivity contribution >= 4 is 0 Å². The summed E-state index contributed by atoms with van der Waals surface area (Å²) in [5.74, 6) is 0. The first-order valence-corrected chi connectivity index (χ1v) is 8.52. The lowest BCUT2D eigenvalue weighted by atomic mass is 10.1. The molecule has 1 aromatic heterocycles. The number of β-amino-alcohol motifs (C(OH)–C–C–N with tert-alkyl or cyclic N) is 1. The van der Waals surface area contributed by atoms with E-state index >= 15 is 0 Å². The highest BCUT2D eigenvalue weighted by molar-refractivity contribution is 5.35. The minimum Gasteiger partial charge on any atom is -0.390 e. The van der Waals surface area contributed by atoms with E-state index in [4.69, 9.17) is 4.74 Å². The maximum Gasteiger partial charge on any atom is 0.0991 e. The van der Waals surface area contributed by atoms with Gasteiger partial charge in [0.05, 0.1) is 25.6 Å². The van der Waals surface area contributed by atoms with Gasteiger partial charge in [-0.2, -0.15) is 0 Å². The molecule has 0 amide bonds. The van der Waals surface area contributed by atoms with Crippen molar-refractivity contribution in [3.63, 3.8) is 0 Å². The van der Waals surface area contributed by atoms with Crippen LogP contribution in [0.2, 0.25) is 0 Å². The van der Waals surface area contributed by atoms with Gasteiger partial charge in [0.2, 0.25) is 0 Å². The number of aliphatic hydroxyl groups is 1. The van der Waals surface area contributed by atoms with Crippen LogP contribution in [-0.4, -0.2) is 65.1 Å². The van der Waals surface area contributed by atoms with Crippen LogP contribution < -0.4 is 5.32 Å². The minimum absolute atomic E-state index is 0.196. The highest BCUT2D eigenvalue weighted by Gasteiger charge is 2.15. The summed E-state index contributed by atoms with van der Waals surface area (Å²) in [4.78, 5) is 6.31. The number of aliphatic hydroxyl groups excluding tert-OH is 1. The normalized spacial score (nSPS) is 18.4. The largest absolute Gasteiger partial charge is 0.390 e. The molecule has 6 heteroatoms. The van der Waals surface area contributed by atoms with Crippen LogP contribution in [-0.2, 0) is 4.74 Å². The van der Waals surface area contributed by atoms with Gasteiger partial charge >= 0.3 is 0 Å². The third-order valence-corrected chi connectivity index (χ3v) is 4.43. The van der Waals surface area contributed by atoms with Gasteiger partial charge in [-0.05, 0) is 24.6 Å². The fourth-order valence-corrected chi connectivity index (χ4v) is 2.92. The summed E-state index contributed by atoms with van der Waals surface area (Å²) in [6.07, 6.45) is 5.13. The molecule has 0 bridgehead atoms. The maximum atomic E-state index is 10.2. The molecular formula is C18H26N4O2. The smallest absolute Gasteiger partial charge is 0.0991 e. The number of benzene rings is 1. The Balaban J connectivity index is 1.46. The van der Waals surface area contributed by atoms with E-state index in [-0.39, 0.29) is 12.1 Å². The predicted molar refractivity (Wildman–Crippen MR) is 93.2 cm³/mol. The number of hydrogen-bond donors (Lipinski definition) is 2. The van der Waals surface area contributed by atoms with Gasteiger partial charge in [0.15, 0.2) is 0 Å². The van der Waals surface area contributed by atoms with Crippen molar-refractivity contribution in [1.82, 2.24) is 19.8 Å². The Kier molecular flexibility index (Phi) is 5.98. The zero-order valence-electron chi connectivity index (χ0n) is 14.1.